The number of aromatic nitrogens is 2. The summed E-state index contributed by atoms with van der Waals surface area (Å²) in [5.74, 6) is 5.42. The summed E-state index contributed by atoms with van der Waals surface area (Å²) in [5.41, 5.74) is 1.05. The minimum Gasteiger partial charge on any atom is -0.338 e. The molecule has 0 saturated carbocycles. The van der Waals surface area contributed by atoms with Crippen LogP contribution in [0.25, 0.3) is 0 Å². The van der Waals surface area contributed by atoms with Crippen molar-refractivity contribution in [3.63, 3.8) is 0 Å². The summed E-state index contributed by atoms with van der Waals surface area (Å²) >= 11 is 0. The molecule has 0 amide bonds. The number of imidazole rings is 1. The van der Waals surface area contributed by atoms with E-state index in [-0.39, 0.29) is 0 Å². The van der Waals surface area contributed by atoms with Gasteiger partial charge in [-0.15, -0.1) is 6.58 Å². The Labute approximate surface area is 66.5 Å². The van der Waals surface area contributed by atoms with Crippen LogP contribution in [0.3, 0.4) is 0 Å². The van der Waals surface area contributed by atoms with Gasteiger partial charge in [-0.25, -0.2) is 4.98 Å². The number of allylic oxidation sites excluding steroid dienone is 1. The van der Waals surface area contributed by atoms with Gasteiger partial charge in [0.1, 0.15) is 6.33 Å². The van der Waals surface area contributed by atoms with Crippen LogP contribution in [-0.2, 0) is 6.42 Å². The van der Waals surface area contributed by atoms with E-state index in [0.29, 0.717) is 0 Å². The van der Waals surface area contributed by atoms with Gasteiger partial charge < -0.3 is 5.84 Å². The highest BCUT2D eigenvalue weighted by Crippen LogP contribution is 2.00. The van der Waals surface area contributed by atoms with Gasteiger partial charge >= 0.3 is 0 Å². The summed E-state index contributed by atoms with van der Waals surface area (Å²) in [5, 5.41) is 0. The fourth-order valence-electron chi connectivity index (χ4n) is 0.936. The molecule has 1 rings (SSSR count). The zero-order chi connectivity index (χ0) is 8.10. The maximum Gasteiger partial charge on any atom is 0.114 e. The van der Waals surface area contributed by atoms with E-state index < -0.39 is 0 Å². The molecular weight excluding hydrogens is 138 g/mol. The lowest BCUT2D eigenvalue weighted by Crippen LogP contribution is -2.03. The van der Waals surface area contributed by atoms with Crippen LogP contribution in [0.2, 0.25) is 0 Å². The number of hydrogen-bond acceptors (Lipinski definition) is 2. The Balaban J connectivity index is 2.32. The summed E-state index contributed by atoms with van der Waals surface area (Å²) in [6.07, 6.45) is 8.49. The molecule has 3 heteroatoms. The van der Waals surface area contributed by atoms with E-state index in [1.54, 1.807) is 6.33 Å². The van der Waals surface area contributed by atoms with Crippen LogP contribution in [0.4, 0.5) is 0 Å². The van der Waals surface area contributed by atoms with Crippen molar-refractivity contribution in [1.29, 1.82) is 0 Å². The zero-order valence-corrected chi connectivity index (χ0v) is 6.53. The Morgan fingerprint density at radius 1 is 1.73 bits per heavy atom. The van der Waals surface area contributed by atoms with Crippen LogP contribution in [0.1, 0.15) is 18.5 Å². The highest BCUT2D eigenvalue weighted by molar-refractivity contribution is 4.96. The summed E-state index contributed by atoms with van der Waals surface area (Å²) in [6.45, 7) is 3.65. The molecule has 0 spiro atoms. The molecule has 0 atom stereocenters. The number of aryl methyl sites for hydroxylation is 1. The first kappa shape index (κ1) is 7.85. The van der Waals surface area contributed by atoms with Gasteiger partial charge in [0, 0.05) is 6.20 Å². The van der Waals surface area contributed by atoms with E-state index in [1.165, 1.54) is 4.68 Å². The number of nitrogen functional groups attached to an aromatic ring is 1. The normalized spacial score (nSPS) is 9.82. The first-order chi connectivity index (χ1) is 5.33. The maximum atomic E-state index is 5.42. The molecule has 11 heavy (non-hydrogen) atoms. The van der Waals surface area contributed by atoms with Gasteiger partial charge in [-0.2, -0.15) is 0 Å². The monoisotopic (exact) mass is 151 g/mol. The Bertz CT molecular complexity index is 227. The number of rotatable bonds is 4. The molecule has 0 unspecified atom stereocenters. The molecule has 0 bridgehead atoms. The topological polar surface area (TPSA) is 43.8 Å². The molecule has 60 valence electrons. The third-order valence-corrected chi connectivity index (χ3v) is 1.50. The van der Waals surface area contributed by atoms with Crippen LogP contribution in [0.5, 0.6) is 0 Å². The van der Waals surface area contributed by atoms with Crippen LogP contribution in [-0.4, -0.2) is 9.66 Å². The van der Waals surface area contributed by atoms with Crippen molar-refractivity contribution in [3.05, 3.63) is 30.9 Å². The Kier molecular flexibility index (Phi) is 2.72. The Morgan fingerprint density at radius 3 is 3.09 bits per heavy atom. The number of nitrogens with two attached hydrogens (primary N) is 1. The van der Waals surface area contributed by atoms with Crippen molar-refractivity contribution in [2.24, 2.45) is 0 Å². The van der Waals surface area contributed by atoms with E-state index in [0.717, 1.165) is 25.0 Å². The molecule has 1 aromatic rings. The summed E-state index contributed by atoms with van der Waals surface area (Å²) in [4.78, 5) is 4.09. The summed E-state index contributed by atoms with van der Waals surface area (Å²) in [6, 6.07) is 0. The SMILES string of the molecule is C=CCCCc1cn(N)cn1. The van der Waals surface area contributed by atoms with E-state index in [9.17, 15) is 0 Å². The molecule has 1 heterocycles. The van der Waals surface area contributed by atoms with Gasteiger partial charge in [0.25, 0.3) is 0 Å². The van der Waals surface area contributed by atoms with Crippen LogP contribution in [0.15, 0.2) is 25.2 Å². The Morgan fingerprint density at radius 2 is 2.55 bits per heavy atom. The first-order valence-electron chi connectivity index (χ1n) is 3.72. The van der Waals surface area contributed by atoms with Gasteiger partial charge in [-0.1, -0.05) is 6.08 Å². The molecule has 0 saturated heterocycles. The van der Waals surface area contributed by atoms with Crippen molar-refractivity contribution < 1.29 is 0 Å². The number of hydrogen-bond donors (Lipinski definition) is 1. The zero-order valence-electron chi connectivity index (χ0n) is 6.53. The van der Waals surface area contributed by atoms with Crippen LogP contribution >= 0.6 is 0 Å². The second-order valence-electron chi connectivity index (χ2n) is 2.49. The Hall–Kier alpha value is -1.25. The second-order valence-corrected chi connectivity index (χ2v) is 2.49. The molecule has 0 aliphatic carbocycles. The minimum absolute atomic E-state index is 0.982. The van der Waals surface area contributed by atoms with Gasteiger partial charge in [-0.3, -0.25) is 4.68 Å². The summed E-state index contributed by atoms with van der Waals surface area (Å²) < 4.78 is 1.48. The number of unbranched alkanes of at least 4 members (excludes halogenated alkanes) is 1. The van der Waals surface area contributed by atoms with Crippen LogP contribution < -0.4 is 5.84 Å². The maximum absolute atomic E-state index is 5.42. The minimum atomic E-state index is 0.982. The molecule has 0 aliphatic heterocycles. The fraction of sp³-hybridized carbons (Fsp3) is 0.375. The molecule has 0 radical (unpaired) electrons. The van der Waals surface area contributed by atoms with E-state index in [2.05, 4.69) is 11.6 Å². The van der Waals surface area contributed by atoms with Gasteiger partial charge in [0.15, 0.2) is 0 Å². The molecule has 0 aromatic carbocycles. The largest absolute Gasteiger partial charge is 0.338 e. The first-order valence-corrected chi connectivity index (χ1v) is 3.72. The van der Waals surface area contributed by atoms with Crippen molar-refractivity contribution in [3.8, 4) is 0 Å². The molecular formula is C8H13N3. The third-order valence-electron chi connectivity index (χ3n) is 1.50. The molecule has 0 fully saturated rings. The molecule has 3 nitrogen and oxygen atoms in total. The predicted molar refractivity (Wildman–Crippen MR) is 45.5 cm³/mol. The smallest absolute Gasteiger partial charge is 0.114 e. The average molecular weight is 151 g/mol. The van der Waals surface area contributed by atoms with E-state index in [1.807, 2.05) is 12.3 Å². The van der Waals surface area contributed by atoms with Gasteiger partial charge in [-0.05, 0) is 19.3 Å². The van der Waals surface area contributed by atoms with Gasteiger partial charge in [0.05, 0.1) is 5.69 Å². The molecule has 1 aromatic heterocycles. The van der Waals surface area contributed by atoms with E-state index >= 15 is 0 Å². The average Bonchev–Trinajstić information content (AvgIpc) is 2.37. The quantitative estimate of drug-likeness (QED) is 0.398. The molecule has 0 aliphatic rings. The predicted octanol–water partition coefficient (Wildman–Crippen LogP) is 1.11. The highest BCUT2D eigenvalue weighted by Gasteiger charge is 1.94. The fourth-order valence-corrected chi connectivity index (χ4v) is 0.936. The van der Waals surface area contributed by atoms with Crippen LogP contribution in [0, 0.1) is 0 Å². The van der Waals surface area contributed by atoms with Crippen molar-refractivity contribution in [2.75, 3.05) is 5.84 Å². The lowest BCUT2D eigenvalue weighted by atomic mass is 10.2. The summed E-state index contributed by atoms with van der Waals surface area (Å²) in [7, 11) is 0. The van der Waals surface area contributed by atoms with Gasteiger partial charge in [0.2, 0.25) is 0 Å². The van der Waals surface area contributed by atoms with E-state index in [4.69, 9.17) is 5.84 Å². The number of nitrogens with zero attached hydrogens (tertiary/aromatic N) is 2. The van der Waals surface area contributed by atoms with Crippen molar-refractivity contribution in [1.82, 2.24) is 9.66 Å². The lowest BCUT2D eigenvalue weighted by Gasteiger charge is -1.91. The third kappa shape index (κ3) is 2.45. The molecule has 2 N–H and O–H groups in total. The lowest BCUT2D eigenvalue weighted by molar-refractivity contribution is 0.824. The highest BCUT2D eigenvalue weighted by atomic mass is 15.3. The standard InChI is InChI=1S/C8H13N3/c1-2-3-4-5-8-6-11(9)7-10-8/h2,6-7H,1,3-5,9H2. The second kappa shape index (κ2) is 3.81. The van der Waals surface area contributed by atoms with Crippen molar-refractivity contribution >= 4 is 0 Å². The van der Waals surface area contributed by atoms with Crippen molar-refractivity contribution in [2.45, 2.75) is 19.3 Å².